The molecule has 20 heavy (non-hydrogen) atoms. The quantitative estimate of drug-likeness (QED) is 0.712. The number of aromatic nitrogens is 4. The number of hydrogen-bond donors (Lipinski definition) is 0. The summed E-state index contributed by atoms with van der Waals surface area (Å²) in [5.74, 6) is 1.92. The third-order valence-electron chi connectivity index (χ3n) is 2.79. The summed E-state index contributed by atoms with van der Waals surface area (Å²) in [6.07, 6.45) is 4.38. The maximum Gasteiger partial charge on any atom is 0.264 e. The van der Waals surface area contributed by atoms with Gasteiger partial charge >= 0.3 is 0 Å². The van der Waals surface area contributed by atoms with Gasteiger partial charge in [-0.3, -0.25) is 0 Å². The number of ether oxygens (including phenoxy) is 1. The predicted octanol–water partition coefficient (Wildman–Crippen LogP) is 2.40. The number of aryl methyl sites for hydroxylation is 1. The molecule has 6 heteroatoms. The number of benzene rings is 1. The molecule has 2 aromatic heterocycles. The van der Waals surface area contributed by atoms with Gasteiger partial charge in [0.1, 0.15) is 5.75 Å². The molecule has 3 aromatic rings. The molecule has 0 fully saturated rings. The Morgan fingerprint density at radius 2 is 2.10 bits per heavy atom. The average molecular weight is 270 g/mol. The molecule has 0 saturated heterocycles. The molecule has 0 N–H and O–H groups in total. The summed E-state index contributed by atoms with van der Waals surface area (Å²) in [6.45, 7) is 2.25. The highest BCUT2D eigenvalue weighted by Gasteiger charge is 2.05. The van der Waals surface area contributed by atoms with Gasteiger partial charge in [-0.25, -0.2) is 4.68 Å². The van der Waals surface area contributed by atoms with Gasteiger partial charge < -0.3 is 9.26 Å². The van der Waals surface area contributed by atoms with E-state index in [-0.39, 0.29) is 6.61 Å². The molecule has 2 heterocycles. The van der Waals surface area contributed by atoms with Crippen molar-refractivity contribution in [3.63, 3.8) is 0 Å². The highest BCUT2D eigenvalue weighted by Crippen LogP contribution is 2.15. The fourth-order valence-corrected chi connectivity index (χ4v) is 1.75. The first kappa shape index (κ1) is 12.4. The summed E-state index contributed by atoms with van der Waals surface area (Å²) in [5.41, 5.74) is 0.980. The monoisotopic (exact) mass is 270 g/mol. The second-order valence-corrected chi connectivity index (χ2v) is 4.19. The first-order valence-electron chi connectivity index (χ1n) is 6.39. The van der Waals surface area contributed by atoms with Gasteiger partial charge in [0.25, 0.3) is 5.89 Å². The fraction of sp³-hybridized carbons (Fsp3) is 0.214. The zero-order valence-electron chi connectivity index (χ0n) is 11.1. The van der Waals surface area contributed by atoms with Crippen LogP contribution in [0.1, 0.15) is 18.6 Å². The third-order valence-corrected chi connectivity index (χ3v) is 2.79. The number of rotatable bonds is 5. The van der Waals surface area contributed by atoms with Crippen LogP contribution in [0.25, 0.3) is 5.69 Å². The van der Waals surface area contributed by atoms with Gasteiger partial charge in [0, 0.05) is 18.8 Å². The lowest BCUT2D eigenvalue weighted by atomic mass is 10.3. The molecule has 0 spiro atoms. The molecule has 6 nitrogen and oxygen atoms in total. The molecule has 0 aliphatic rings. The van der Waals surface area contributed by atoms with Crippen molar-refractivity contribution in [2.24, 2.45) is 0 Å². The van der Waals surface area contributed by atoms with Crippen molar-refractivity contribution < 1.29 is 9.26 Å². The molecule has 0 bridgehead atoms. The van der Waals surface area contributed by atoms with E-state index in [4.69, 9.17) is 9.26 Å². The molecule has 0 aliphatic carbocycles. The zero-order chi connectivity index (χ0) is 13.8. The van der Waals surface area contributed by atoms with E-state index in [1.165, 1.54) is 0 Å². The summed E-state index contributed by atoms with van der Waals surface area (Å²) in [7, 11) is 0. The lowest BCUT2D eigenvalue weighted by Crippen LogP contribution is -1.97. The lowest BCUT2D eigenvalue weighted by Gasteiger charge is -2.05. The van der Waals surface area contributed by atoms with Gasteiger partial charge in [-0.2, -0.15) is 10.1 Å². The number of hydrogen-bond acceptors (Lipinski definition) is 5. The van der Waals surface area contributed by atoms with Crippen molar-refractivity contribution in [2.75, 3.05) is 0 Å². The van der Waals surface area contributed by atoms with E-state index in [9.17, 15) is 0 Å². The van der Waals surface area contributed by atoms with E-state index in [0.29, 0.717) is 11.7 Å². The van der Waals surface area contributed by atoms with Gasteiger partial charge in [-0.1, -0.05) is 12.1 Å². The Kier molecular flexibility index (Phi) is 3.45. The highest BCUT2D eigenvalue weighted by atomic mass is 16.5. The van der Waals surface area contributed by atoms with Gasteiger partial charge in [0.15, 0.2) is 12.4 Å². The Morgan fingerprint density at radius 1 is 1.25 bits per heavy atom. The standard InChI is InChI=1S/C14H14N4O2/c1-2-13-16-14(20-17-13)10-19-12-6-4-11(5-7-12)18-9-3-8-15-18/h3-9H,2,10H2,1H3. The van der Waals surface area contributed by atoms with Crippen molar-refractivity contribution in [1.82, 2.24) is 19.9 Å². The number of nitrogens with zero attached hydrogens (tertiary/aromatic N) is 4. The van der Waals surface area contributed by atoms with Gasteiger partial charge in [-0.15, -0.1) is 0 Å². The Bertz CT molecular complexity index is 659. The largest absolute Gasteiger partial charge is 0.484 e. The van der Waals surface area contributed by atoms with E-state index in [2.05, 4.69) is 15.2 Å². The van der Waals surface area contributed by atoms with Crippen LogP contribution in [-0.2, 0) is 13.0 Å². The Labute approximate surface area is 116 Å². The van der Waals surface area contributed by atoms with E-state index >= 15 is 0 Å². The lowest BCUT2D eigenvalue weighted by molar-refractivity contribution is 0.242. The van der Waals surface area contributed by atoms with Crippen molar-refractivity contribution in [3.8, 4) is 11.4 Å². The summed E-state index contributed by atoms with van der Waals surface area (Å²) in [5, 5.41) is 7.98. The average Bonchev–Trinajstić information content (AvgIpc) is 3.17. The summed E-state index contributed by atoms with van der Waals surface area (Å²) < 4.78 is 12.4. The van der Waals surface area contributed by atoms with E-state index < -0.39 is 0 Å². The maximum absolute atomic E-state index is 5.60. The van der Waals surface area contributed by atoms with Crippen LogP contribution >= 0.6 is 0 Å². The van der Waals surface area contributed by atoms with Crippen molar-refractivity contribution in [3.05, 3.63) is 54.4 Å². The van der Waals surface area contributed by atoms with Crippen molar-refractivity contribution in [1.29, 1.82) is 0 Å². The second kappa shape index (κ2) is 5.56. The summed E-state index contributed by atoms with van der Waals surface area (Å²) in [6, 6.07) is 9.52. The van der Waals surface area contributed by atoms with Crippen LogP contribution in [0.4, 0.5) is 0 Å². The zero-order valence-corrected chi connectivity index (χ0v) is 11.1. The first-order chi connectivity index (χ1) is 9.85. The summed E-state index contributed by atoms with van der Waals surface area (Å²) in [4.78, 5) is 4.19. The molecule has 0 unspecified atom stereocenters. The van der Waals surface area contributed by atoms with E-state index in [1.54, 1.807) is 10.9 Å². The van der Waals surface area contributed by atoms with Crippen LogP contribution in [0.3, 0.4) is 0 Å². The van der Waals surface area contributed by atoms with Gasteiger partial charge in [0.05, 0.1) is 5.69 Å². The fourth-order valence-electron chi connectivity index (χ4n) is 1.75. The van der Waals surface area contributed by atoms with Crippen molar-refractivity contribution in [2.45, 2.75) is 20.0 Å². The molecule has 0 atom stereocenters. The Morgan fingerprint density at radius 3 is 2.75 bits per heavy atom. The van der Waals surface area contributed by atoms with E-state index in [1.807, 2.05) is 43.5 Å². The SMILES string of the molecule is CCc1noc(COc2ccc(-n3cccn3)cc2)n1. The van der Waals surface area contributed by atoms with Gasteiger partial charge in [-0.05, 0) is 30.3 Å². The first-order valence-corrected chi connectivity index (χ1v) is 6.39. The minimum absolute atomic E-state index is 0.272. The van der Waals surface area contributed by atoms with Crippen LogP contribution in [0.5, 0.6) is 5.75 Å². The van der Waals surface area contributed by atoms with Gasteiger partial charge in [0.2, 0.25) is 0 Å². The molecule has 0 saturated carbocycles. The minimum atomic E-state index is 0.272. The Hall–Kier alpha value is -2.63. The van der Waals surface area contributed by atoms with Crippen LogP contribution in [0, 0.1) is 0 Å². The van der Waals surface area contributed by atoms with Crippen LogP contribution in [0.2, 0.25) is 0 Å². The van der Waals surface area contributed by atoms with Crippen LogP contribution in [-0.4, -0.2) is 19.9 Å². The molecule has 0 aliphatic heterocycles. The highest BCUT2D eigenvalue weighted by molar-refractivity contribution is 5.36. The smallest absolute Gasteiger partial charge is 0.264 e. The molecule has 1 aromatic carbocycles. The van der Waals surface area contributed by atoms with E-state index in [0.717, 1.165) is 17.9 Å². The molecule has 102 valence electrons. The second-order valence-electron chi connectivity index (χ2n) is 4.19. The molecule has 0 amide bonds. The topological polar surface area (TPSA) is 66.0 Å². The normalized spacial score (nSPS) is 10.7. The molecular formula is C14H14N4O2. The van der Waals surface area contributed by atoms with Crippen LogP contribution in [0.15, 0.2) is 47.2 Å². The molecule has 0 radical (unpaired) electrons. The third kappa shape index (κ3) is 2.69. The van der Waals surface area contributed by atoms with Crippen molar-refractivity contribution >= 4 is 0 Å². The minimum Gasteiger partial charge on any atom is -0.484 e. The summed E-state index contributed by atoms with van der Waals surface area (Å²) >= 11 is 0. The predicted molar refractivity (Wildman–Crippen MR) is 71.6 cm³/mol. The van der Waals surface area contributed by atoms with Crippen LogP contribution < -0.4 is 4.74 Å². The molecule has 3 rings (SSSR count). The Balaban J connectivity index is 1.63. The molecular weight excluding hydrogens is 256 g/mol. The maximum atomic E-state index is 5.60.